The fraction of sp³-hybridized carbons (Fsp3) is 0.353. The normalized spacial score (nSPS) is 12.1. The van der Waals surface area contributed by atoms with E-state index in [1.165, 1.54) is 11.1 Å². The molecule has 3 heteroatoms. The van der Waals surface area contributed by atoms with Crippen LogP contribution in [-0.2, 0) is 6.54 Å². The Morgan fingerprint density at radius 1 is 1.20 bits per heavy atom. The van der Waals surface area contributed by atoms with Gasteiger partial charge in [0, 0.05) is 25.0 Å². The van der Waals surface area contributed by atoms with Crippen molar-refractivity contribution in [2.24, 2.45) is 0 Å². The van der Waals surface area contributed by atoms with E-state index in [9.17, 15) is 0 Å². The highest BCUT2D eigenvalue weighted by molar-refractivity contribution is 5.27. The molecule has 1 aromatic carbocycles. The second-order valence-corrected chi connectivity index (χ2v) is 4.88. The lowest BCUT2D eigenvalue weighted by atomic mass is 10.1. The number of hydrogen-bond acceptors (Lipinski definition) is 3. The fourth-order valence-electron chi connectivity index (χ4n) is 1.94. The Hall–Kier alpha value is -1.87. The summed E-state index contributed by atoms with van der Waals surface area (Å²) in [4.78, 5) is 4.14. The smallest absolute Gasteiger partial charge is 0.119 e. The monoisotopic (exact) mass is 270 g/mol. The van der Waals surface area contributed by atoms with E-state index in [2.05, 4.69) is 42.3 Å². The van der Waals surface area contributed by atoms with Crippen LogP contribution in [0.25, 0.3) is 0 Å². The Bertz CT molecular complexity index is 496. The van der Waals surface area contributed by atoms with Gasteiger partial charge in [0.2, 0.25) is 0 Å². The molecule has 3 nitrogen and oxygen atoms in total. The van der Waals surface area contributed by atoms with E-state index in [1.54, 1.807) is 6.20 Å². The number of ether oxygens (including phenoxy) is 1. The average Bonchev–Trinajstić information content (AvgIpc) is 2.52. The molecule has 0 aliphatic heterocycles. The highest BCUT2D eigenvalue weighted by Crippen LogP contribution is 2.14. The van der Waals surface area contributed by atoms with Gasteiger partial charge in [0.1, 0.15) is 5.75 Å². The van der Waals surface area contributed by atoms with Crippen molar-refractivity contribution in [3.05, 3.63) is 59.9 Å². The van der Waals surface area contributed by atoms with Crippen molar-refractivity contribution in [2.45, 2.75) is 32.9 Å². The molecule has 0 spiro atoms. The molecule has 2 aromatic rings. The van der Waals surface area contributed by atoms with E-state index in [0.717, 1.165) is 25.3 Å². The molecule has 0 unspecified atom stereocenters. The Morgan fingerprint density at radius 2 is 2.00 bits per heavy atom. The fourth-order valence-corrected chi connectivity index (χ4v) is 1.94. The molecule has 0 aliphatic rings. The summed E-state index contributed by atoms with van der Waals surface area (Å²) >= 11 is 0. The van der Waals surface area contributed by atoms with Gasteiger partial charge in [0.25, 0.3) is 0 Å². The third-order valence-electron chi connectivity index (χ3n) is 3.19. The maximum absolute atomic E-state index is 5.58. The molecule has 2 rings (SSSR count). The first kappa shape index (κ1) is 14.5. The van der Waals surface area contributed by atoms with Crippen molar-refractivity contribution >= 4 is 0 Å². The number of nitrogens with zero attached hydrogens (tertiary/aromatic N) is 1. The number of pyridine rings is 1. The summed E-state index contributed by atoms with van der Waals surface area (Å²) in [5.74, 6) is 0.941. The molecule has 0 radical (unpaired) electrons. The summed E-state index contributed by atoms with van der Waals surface area (Å²) in [6.07, 6.45) is 4.73. The van der Waals surface area contributed by atoms with Crippen molar-refractivity contribution in [3.63, 3.8) is 0 Å². The number of nitrogens with one attached hydrogen (secondary N) is 1. The SMILES string of the molecule is CCCOc1ccc(CN[C@H](C)c2cccnc2)cc1. The molecule has 0 saturated carbocycles. The van der Waals surface area contributed by atoms with Crippen LogP contribution in [0.1, 0.15) is 37.4 Å². The summed E-state index contributed by atoms with van der Waals surface area (Å²) in [6, 6.07) is 12.6. The van der Waals surface area contributed by atoms with Crippen LogP contribution in [0, 0.1) is 0 Å². The second-order valence-electron chi connectivity index (χ2n) is 4.88. The van der Waals surface area contributed by atoms with Crippen molar-refractivity contribution in [3.8, 4) is 5.75 Å². The second kappa shape index (κ2) is 7.65. The molecule has 0 amide bonds. The van der Waals surface area contributed by atoms with Crippen LogP contribution in [-0.4, -0.2) is 11.6 Å². The van der Waals surface area contributed by atoms with Crippen LogP contribution >= 0.6 is 0 Å². The number of hydrogen-bond donors (Lipinski definition) is 1. The van der Waals surface area contributed by atoms with Crippen LogP contribution in [0.5, 0.6) is 5.75 Å². The van der Waals surface area contributed by atoms with E-state index < -0.39 is 0 Å². The van der Waals surface area contributed by atoms with Gasteiger partial charge in [-0.25, -0.2) is 0 Å². The molecule has 1 N–H and O–H groups in total. The van der Waals surface area contributed by atoms with Crippen molar-refractivity contribution in [1.29, 1.82) is 0 Å². The van der Waals surface area contributed by atoms with Gasteiger partial charge in [-0.1, -0.05) is 25.1 Å². The first-order valence-electron chi connectivity index (χ1n) is 7.14. The Labute approximate surface area is 121 Å². The first-order valence-corrected chi connectivity index (χ1v) is 7.14. The molecule has 1 aromatic heterocycles. The molecule has 0 fully saturated rings. The lowest BCUT2D eigenvalue weighted by Crippen LogP contribution is -2.18. The zero-order valence-corrected chi connectivity index (χ0v) is 12.2. The predicted molar refractivity (Wildman–Crippen MR) is 81.7 cm³/mol. The summed E-state index contributed by atoms with van der Waals surface area (Å²) < 4.78 is 5.58. The molecule has 1 heterocycles. The molecule has 1 atom stereocenters. The van der Waals surface area contributed by atoms with Crippen LogP contribution in [0.3, 0.4) is 0 Å². The Morgan fingerprint density at radius 3 is 2.65 bits per heavy atom. The van der Waals surface area contributed by atoms with Crippen LogP contribution < -0.4 is 10.1 Å². The van der Waals surface area contributed by atoms with Gasteiger partial charge in [-0.15, -0.1) is 0 Å². The summed E-state index contributed by atoms with van der Waals surface area (Å²) in [7, 11) is 0. The van der Waals surface area contributed by atoms with Gasteiger partial charge < -0.3 is 10.1 Å². The van der Waals surface area contributed by atoms with Gasteiger partial charge in [-0.05, 0) is 42.7 Å². The van der Waals surface area contributed by atoms with E-state index in [0.29, 0.717) is 6.04 Å². The average molecular weight is 270 g/mol. The largest absolute Gasteiger partial charge is 0.494 e. The highest BCUT2D eigenvalue weighted by atomic mass is 16.5. The van der Waals surface area contributed by atoms with Gasteiger partial charge >= 0.3 is 0 Å². The zero-order chi connectivity index (χ0) is 14.2. The maximum Gasteiger partial charge on any atom is 0.119 e. The standard InChI is InChI=1S/C17H22N2O/c1-3-11-20-17-8-6-15(7-9-17)12-19-14(2)16-5-4-10-18-13-16/h4-10,13-14,19H,3,11-12H2,1-2H3/t14-/m1/s1. The topological polar surface area (TPSA) is 34.1 Å². The van der Waals surface area contributed by atoms with Gasteiger partial charge in [0.05, 0.1) is 6.61 Å². The van der Waals surface area contributed by atoms with Gasteiger partial charge in [-0.2, -0.15) is 0 Å². The molecule has 20 heavy (non-hydrogen) atoms. The third-order valence-corrected chi connectivity index (χ3v) is 3.19. The molecule has 0 saturated heterocycles. The minimum Gasteiger partial charge on any atom is -0.494 e. The van der Waals surface area contributed by atoms with Crippen LogP contribution in [0.15, 0.2) is 48.8 Å². The minimum atomic E-state index is 0.291. The van der Waals surface area contributed by atoms with Crippen LogP contribution in [0.4, 0.5) is 0 Å². The van der Waals surface area contributed by atoms with Gasteiger partial charge in [-0.3, -0.25) is 4.98 Å². The van der Waals surface area contributed by atoms with Crippen molar-refractivity contribution < 1.29 is 4.74 Å². The summed E-state index contributed by atoms with van der Waals surface area (Å²) in [5.41, 5.74) is 2.46. The molecule has 0 bridgehead atoms. The zero-order valence-electron chi connectivity index (χ0n) is 12.2. The van der Waals surface area contributed by atoms with Gasteiger partial charge in [0.15, 0.2) is 0 Å². The lowest BCUT2D eigenvalue weighted by Gasteiger charge is -2.14. The maximum atomic E-state index is 5.58. The van der Waals surface area contributed by atoms with Crippen molar-refractivity contribution in [1.82, 2.24) is 10.3 Å². The number of benzene rings is 1. The Balaban J connectivity index is 1.84. The van der Waals surface area contributed by atoms with E-state index in [4.69, 9.17) is 4.74 Å². The third kappa shape index (κ3) is 4.35. The molecule has 106 valence electrons. The van der Waals surface area contributed by atoms with E-state index >= 15 is 0 Å². The summed E-state index contributed by atoms with van der Waals surface area (Å²) in [6.45, 7) is 5.87. The van der Waals surface area contributed by atoms with Crippen LogP contribution in [0.2, 0.25) is 0 Å². The quantitative estimate of drug-likeness (QED) is 0.832. The molecular weight excluding hydrogens is 248 g/mol. The number of aromatic nitrogens is 1. The summed E-state index contributed by atoms with van der Waals surface area (Å²) in [5, 5.41) is 3.50. The molecule has 0 aliphatic carbocycles. The first-order chi connectivity index (χ1) is 9.79. The number of rotatable bonds is 7. The van der Waals surface area contributed by atoms with Crippen molar-refractivity contribution in [2.75, 3.05) is 6.61 Å². The highest BCUT2D eigenvalue weighted by Gasteiger charge is 2.04. The lowest BCUT2D eigenvalue weighted by molar-refractivity contribution is 0.317. The Kier molecular flexibility index (Phi) is 5.56. The molecular formula is C17H22N2O. The van der Waals surface area contributed by atoms with E-state index in [1.807, 2.05) is 24.4 Å². The van der Waals surface area contributed by atoms with E-state index in [-0.39, 0.29) is 0 Å². The predicted octanol–water partition coefficient (Wildman–Crippen LogP) is 3.72. The minimum absolute atomic E-state index is 0.291.